The smallest absolute Gasteiger partial charge is 0.246 e. The standard InChI is InChI=1S/C16H14BrN3O/c1-11-9-12(17)7-8-14(11)16-19-15(21-20-16)10-18-13-5-3-2-4-6-13/h2-9,18H,10H2,1H3. The zero-order valence-electron chi connectivity index (χ0n) is 11.5. The van der Waals surface area contributed by atoms with E-state index >= 15 is 0 Å². The summed E-state index contributed by atoms with van der Waals surface area (Å²) >= 11 is 3.45. The third-order valence-corrected chi connectivity index (χ3v) is 3.61. The number of halogens is 1. The van der Waals surface area contributed by atoms with E-state index in [0.717, 1.165) is 21.3 Å². The molecule has 0 saturated heterocycles. The van der Waals surface area contributed by atoms with E-state index in [0.29, 0.717) is 18.3 Å². The minimum Gasteiger partial charge on any atom is -0.376 e. The quantitative estimate of drug-likeness (QED) is 0.761. The minimum absolute atomic E-state index is 0.507. The molecule has 0 unspecified atom stereocenters. The van der Waals surface area contributed by atoms with Crippen LogP contribution in [0.15, 0.2) is 57.5 Å². The van der Waals surface area contributed by atoms with Gasteiger partial charge in [-0.15, -0.1) is 0 Å². The number of hydrogen-bond donors (Lipinski definition) is 1. The van der Waals surface area contributed by atoms with Gasteiger partial charge >= 0.3 is 0 Å². The van der Waals surface area contributed by atoms with E-state index in [1.54, 1.807) is 0 Å². The molecular weight excluding hydrogens is 330 g/mol. The Bertz CT molecular complexity index is 740. The molecule has 0 aliphatic heterocycles. The number of benzene rings is 2. The molecule has 3 aromatic rings. The van der Waals surface area contributed by atoms with E-state index < -0.39 is 0 Å². The zero-order chi connectivity index (χ0) is 14.7. The summed E-state index contributed by atoms with van der Waals surface area (Å²) in [6.45, 7) is 2.53. The lowest BCUT2D eigenvalue weighted by Crippen LogP contribution is -1.99. The third-order valence-electron chi connectivity index (χ3n) is 3.11. The average Bonchev–Trinajstić information content (AvgIpc) is 2.95. The Labute approximate surface area is 131 Å². The molecule has 21 heavy (non-hydrogen) atoms. The average molecular weight is 344 g/mol. The van der Waals surface area contributed by atoms with Crippen LogP contribution in [0.25, 0.3) is 11.4 Å². The molecule has 1 aromatic heterocycles. The van der Waals surface area contributed by atoms with Gasteiger partial charge in [0, 0.05) is 15.7 Å². The highest BCUT2D eigenvalue weighted by Crippen LogP contribution is 2.24. The van der Waals surface area contributed by atoms with Crippen LogP contribution in [-0.2, 0) is 6.54 Å². The van der Waals surface area contributed by atoms with Crippen LogP contribution in [0.3, 0.4) is 0 Å². The van der Waals surface area contributed by atoms with Crippen molar-refractivity contribution in [2.45, 2.75) is 13.5 Å². The van der Waals surface area contributed by atoms with Crippen molar-refractivity contribution in [3.63, 3.8) is 0 Å². The topological polar surface area (TPSA) is 51.0 Å². The van der Waals surface area contributed by atoms with E-state index in [2.05, 4.69) is 31.4 Å². The molecular formula is C16H14BrN3O. The van der Waals surface area contributed by atoms with Crippen molar-refractivity contribution in [1.29, 1.82) is 0 Å². The number of nitrogens with one attached hydrogen (secondary N) is 1. The van der Waals surface area contributed by atoms with Crippen LogP contribution in [-0.4, -0.2) is 10.1 Å². The Balaban J connectivity index is 1.74. The van der Waals surface area contributed by atoms with E-state index in [4.69, 9.17) is 4.52 Å². The number of rotatable bonds is 4. The van der Waals surface area contributed by atoms with Crippen molar-refractivity contribution in [2.75, 3.05) is 5.32 Å². The van der Waals surface area contributed by atoms with Gasteiger partial charge in [-0.3, -0.25) is 0 Å². The lowest BCUT2D eigenvalue weighted by Gasteiger charge is -2.02. The Hall–Kier alpha value is -2.14. The van der Waals surface area contributed by atoms with Gasteiger partial charge in [-0.25, -0.2) is 0 Å². The summed E-state index contributed by atoms with van der Waals surface area (Å²) in [5, 5.41) is 7.29. The van der Waals surface area contributed by atoms with Gasteiger partial charge in [0.25, 0.3) is 0 Å². The summed E-state index contributed by atoms with van der Waals surface area (Å²) in [5.41, 5.74) is 3.11. The number of para-hydroxylation sites is 1. The first kappa shape index (κ1) is 13.8. The summed E-state index contributed by atoms with van der Waals surface area (Å²) in [5.74, 6) is 1.18. The molecule has 0 bridgehead atoms. The largest absolute Gasteiger partial charge is 0.376 e. The van der Waals surface area contributed by atoms with Gasteiger partial charge in [0.15, 0.2) is 0 Å². The van der Waals surface area contributed by atoms with Crippen molar-refractivity contribution >= 4 is 21.6 Å². The highest BCUT2D eigenvalue weighted by Gasteiger charge is 2.10. The lowest BCUT2D eigenvalue weighted by atomic mass is 10.1. The van der Waals surface area contributed by atoms with Gasteiger partial charge in [-0.1, -0.05) is 39.3 Å². The van der Waals surface area contributed by atoms with Crippen LogP contribution in [0, 0.1) is 6.92 Å². The molecule has 2 aromatic carbocycles. The van der Waals surface area contributed by atoms with Crippen molar-refractivity contribution in [1.82, 2.24) is 10.1 Å². The molecule has 3 rings (SSSR count). The molecule has 0 aliphatic carbocycles. The predicted octanol–water partition coefficient (Wildman–Crippen LogP) is 4.42. The molecule has 4 nitrogen and oxygen atoms in total. The second-order valence-corrected chi connectivity index (χ2v) is 5.61. The monoisotopic (exact) mass is 343 g/mol. The molecule has 0 atom stereocenters. The highest BCUT2D eigenvalue weighted by molar-refractivity contribution is 9.10. The molecule has 0 spiro atoms. The fourth-order valence-corrected chi connectivity index (χ4v) is 2.52. The van der Waals surface area contributed by atoms with Crippen LogP contribution in [0.1, 0.15) is 11.5 Å². The minimum atomic E-state index is 0.507. The molecule has 1 N–H and O–H groups in total. The van der Waals surface area contributed by atoms with Crippen molar-refractivity contribution in [2.24, 2.45) is 0 Å². The molecule has 0 radical (unpaired) electrons. The maximum atomic E-state index is 5.29. The first-order valence-corrected chi connectivity index (χ1v) is 7.40. The predicted molar refractivity (Wildman–Crippen MR) is 85.9 cm³/mol. The number of anilines is 1. The highest BCUT2D eigenvalue weighted by atomic mass is 79.9. The molecule has 5 heteroatoms. The van der Waals surface area contributed by atoms with Crippen LogP contribution in [0.5, 0.6) is 0 Å². The maximum absolute atomic E-state index is 5.29. The molecule has 1 heterocycles. The van der Waals surface area contributed by atoms with E-state index in [9.17, 15) is 0 Å². The number of nitrogens with zero attached hydrogens (tertiary/aromatic N) is 2. The summed E-state index contributed by atoms with van der Waals surface area (Å²) < 4.78 is 6.33. The second kappa shape index (κ2) is 6.10. The Morgan fingerprint density at radius 1 is 1.14 bits per heavy atom. The van der Waals surface area contributed by atoms with E-state index in [1.807, 2.05) is 55.5 Å². The fraction of sp³-hybridized carbons (Fsp3) is 0.125. The second-order valence-electron chi connectivity index (χ2n) is 4.69. The molecule has 0 amide bonds. The first-order chi connectivity index (χ1) is 10.2. The lowest BCUT2D eigenvalue weighted by molar-refractivity contribution is 0.384. The fourth-order valence-electron chi connectivity index (χ4n) is 2.05. The Morgan fingerprint density at radius 2 is 1.95 bits per heavy atom. The van der Waals surface area contributed by atoms with Gasteiger partial charge in [0.05, 0.1) is 6.54 Å². The maximum Gasteiger partial charge on any atom is 0.246 e. The third kappa shape index (κ3) is 3.31. The van der Waals surface area contributed by atoms with Gasteiger partial charge < -0.3 is 9.84 Å². The SMILES string of the molecule is Cc1cc(Br)ccc1-c1noc(CNc2ccccc2)n1. The Morgan fingerprint density at radius 3 is 2.71 bits per heavy atom. The summed E-state index contributed by atoms with van der Waals surface area (Å²) in [6, 6.07) is 15.9. The van der Waals surface area contributed by atoms with Crippen LogP contribution in [0.2, 0.25) is 0 Å². The van der Waals surface area contributed by atoms with Crippen molar-refractivity contribution < 1.29 is 4.52 Å². The Kier molecular flexibility index (Phi) is 4.01. The number of hydrogen-bond acceptors (Lipinski definition) is 4. The molecule has 0 saturated carbocycles. The van der Waals surface area contributed by atoms with Crippen molar-refractivity contribution in [3.8, 4) is 11.4 Å². The number of aromatic nitrogens is 2. The van der Waals surface area contributed by atoms with Gasteiger partial charge in [0.2, 0.25) is 11.7 Å². The van der Waals surface area contributed by atoms with Crippen molar-refractivity contribution in [3.05, 3.63) is 64.5 Å². The molecule has 106 valence electrons. The normalized spacial score (nSPS) is 10.6. The molecule has 0 aliphatic rings. The first-order valence-electron chi connectivity index (χ1n) is 6.60. The van der Waals surface area contributed by atoms with Crippen LogP contribution in [0.4, 0.5) is 5.69 Å². The van der Waals surface area contributed by atoms with Gasteiger partial charge in [-0.05, 0) is 42.8 Å². The van der Waals surface area contributed by atoms with E-state index in [-0.39, 0.29) is 0 Å². The number of aryl methyl sites for hydroxylation is 1. The van der Waals surface area contributed by atoms with Gasteiger partial charge in [0.1, 0.15) is 0 Å². The molecule has 0 fully saturated rings. The summed E-state index contributed by atoms with van der Waals surface area (Å²) in [4.78, 5) is 4.43. The van der Waals surface area contributed by atoms with Crippen LogP contribution < -0.4 is 5.32 Å². The summed E-state index contributed by atoms with van der Waals surface area (Å²) in [7, 11) is 0. The van der Waals surface area contributed by atoms with Gasteiger partial charge in [-0.2, -0.15) is 4.98 Å². The van der Waals surface area contributed by atoms with Crippen LogP contribution >= 0.6 is 15.9 Å². The zero-order valence-corrected chi connectivity index (χ0v) is 13.1. The van der Waals surface area contributed by atoms with E-state index in [1.165, 1.54) is 0 Å². The summed E-state index contributed by atoms with van der Waals surface area (Å²) in [6.07, 6.45) is 0.